The molecule has 0 rings (SSSR count). The van der Waals surface area contributed by atoms with Crippen molar-refractivity contribution in [3.05, 3.63) is 72.9 Å². The Kier molecular flexibility index (Phi) is 47.2. The molecule has 6 nitrogen and oxygen atoms in total. The van der Waals surface area contributed by atoms with Gasteiger partial charge >= 0.3 is 5.97 Å². The van der Waals surface area contributed by atoms with Crippen LogP contribution in [0.2, 0.25) is 0 Å². The quantitative estimate of drug-likeness (QED) is 0.0245. The van der Waals surface area contributed by atoms with E-state index < -0.39 is 18.2 Å². The molecule has 6 heteroatoms. The Bertz CT molecular complexity index is 1150. The van der Waals surface area contributed by atoms with Gasteiger partial charge in [0.2, 0.25) is 5.91 Å². The summed E-state index contributed by atoms with van der Waals surface area (Å²) in [6.07, 6.45) is 62.4. The predicted octanol–water partition coefficient (Wildman–Crippen LogP) is 15.8. The highest BCUT2D eigenvalue weighted by Crippen LogP contribution is 2.17. The van der Waals surface area contributed by atoms with Gasteiger partial charge in [-0.1, -0.05) is 235 Å². The van der Waals surface area contributed by atoms with Crippen LogP contribution in [-0.4, -0.2) is 46.9 Å². The first-order valence-corrected chi connectivity index (χ1v) is 26.2. The summed E-state index contributed by atoms with van der Waals surface area (Å²) < 4.78 is 5.91. The lowest BCUT2D eigenvalue weighted by molar-refractivity contribution is -0.151. The van der Waals surface area contributed by atoms with Gasteiger partial charge in [0.25, 0.3) is 0 Å². The fourth-order valence-electron chi connectivity index (χ4n) is 7.68. The maximum absolute atomic E-state index is 13.2. The molecule has 0 radical (unpaired) electrons. The number of hydrogen-bond donors (Lipinski definition) is 3. The highest BCUT2D eigenvalue weighted by Gasteiger charge is 2.24. The molecule has 0 saturated carbocycles. The summed E-state index contributed by atoms with van der Waals surface area (Å²) in [5, 5.41) is 23.8. The smallest absolute Gasteiger partial charge is 0.306 e. The van der Waals surface area contributed by atoms with Crippen molar-refractivity contribution >= 4 is 11.9 Å². The first-order valence-electron chi connectivity index (χ1n) is 26.2. The van der Waals surface area contributed by atoms with Crippen molar-refractivity contribution in [3.8, 4) is 0 Å². The molecule has 0 heterocycles. The fourth-order valence-corrected chi connectivity index (χ4v) is 7.68. The van der Waals surface area contributed by atoms with Gasteiger partial charge in [0.15, 0.2) is 0 Å². The normalized spacial score (nSPS) is 13.8. The Morgan fingerprint density at radius 1 is 0.484 bits per heavy atom. The summed E-state index contributed by atoms with van der Waals surface area (Å²) in [6, 6.07) is -0.718. The molecule has 0 saturated heterocycles. The van der Waals surface area contributed by atoms with Crippen molar-refractivity contribution in [2.75, 3.05) is 6.61 Å². The Labute approximate surface area is 383 Å². The molecule has 0 aliphatic rings. The van der Waals surface area contributed by atoms with Gasteiger partial charge in [0.1, 0.15) is 6.10 Å². The van der Waals surface area contributed by atoms with E-state index in [2.05, 4.69) is 56.5 Å². The van der Waals surface area contributed by atoms with Crippen molar-refractivity contribution in [1.82, 2.24) is 5.32 Å². The molecule has 0 bridgehead atoms. The predicted molar refractivity (Wildman–Crippen MR) is 268 cm³/mol. The highest BCUT2D eigenvalue weighted by atomic mass is 16.5. The van der Waals surface area contributed by atoms with E-state index in [-0.39, 0.29) is 24.9 Å². The molecule has 3 N–H and O–H groups in total. The topological polar surface area (TPSA) is 95.9 Å². The van der Waals surface area contributed by atoms with Crippen LogP contribution in [0.4, 0.5) is 0 Å². The first-order chi connectivity index (χ1) is 30.5. The number of amides is 1. The van der Waals surface area contributed by atoms with Crippen molar-refractivity contribution in [2.24, 2.45) is 0 Å². The summed E-state index contributed by atoms with van der Waals surface area (Å²) in [5.41, 5.74) is 0. The maximum atomic E-state index is 13.2. The Morgan fingerprint density at radius 3 is 1.39 bits per heavy atom. The largest absolute Gasteiger partial charge is 0.462 e. The highest BCUT2D eigenvalue weighted by molar-refractivity contribution is 5.77. The van der Waals surface area contributed by atoms with Gasteiger partial charge < -0.3 is 20.3 Å². The zero-order chi connectivity index (χ0) is 45.2. The van der Waals surface area contributed by atoms with Crippen LogP contribution in [0.15, 0.2) is 72.9 Å². The molecular weight excluding hydrogens is 767 g/mol. The number of carbonyl (C=O) groups is 2. The van der Waals surface area contributed by atoms with E-state index in [0.29, 0.717) is 19.3 Å². The minimum absolute atomic E-state index is 0.0475. The van der Waals surface area contributed by atoms with Crippen LogP contribution >= 0.6 is 0 Å². The van der Waals surface area contributed by atoms with Crippen LogP contribution in [0.5, 0.6) is 0 Å². The molecule has 62 heavy (non-hydrogen) atoms. The summed E-state index contributed by atoms with van der Waals surface area (Å²) in [5.74, 6) is -0.538. The van der Waals surface area contributed by atoms with Gasteiger partial charge in [-0.05, 0) is 70.6 Å². The molecule has 3 unspecified atom stereocenters. The van der Waals surface area contributed by atoms with Crippen LogP contribution in [0.1, 0.15) is 245 Å². The lowest BCUT2D eigenvalue weighted by Gasteiger charge is -2.24. The molecular formula is C56H99NO5. The number of aliphatic hydroxyl groups is 2. The van der Waals surface area contributed by atoms with Crippen molar-refractivity contribution in [2.45, 2.75) is 264 Å². The standard InChI is InChI=1S/C56H99NO5/c1-4-7-10-13-16-19-22-25-28-31-34-37-40-43-46-49-56(61)62-52(47-44-41-38-35-32-29-26-23-20-17-14-11-8-5-2)50-55(60)57-53(51-58)54(59)48-45-42-39-36-33-30-27-24-21-18-15-12-9-6-3/h7,10,13,16,19,22,25,28-29,31-32,34,52-54,58-59H,4-6,8-9,11-12,14-15,17-18,20-21,23-24,26-27,30,33,35-51H2,1-3H3,(H,57,60)/b10-7+,16-13+,22-19-,28-25-,32-29+,34-31+. The molecule has 358 valence electrons. The van der Waals surface area contributed by atoms with Gasteiger partial charge in [0.05, 0.1) is 25.2 Å². The number of aliphatic hydroxyl groups excluding tert-OH is 2. The van der Waals surface area contributed by atoms with Crippen LogP contribution in [0.3, 0.4) is 0 Å². The lowest BCUT2D eigenvalue weighted by atomic mass is 10.0. The number of carbonyl (C=O) groups excluding carboxylic acids is 2. The minimum Gasteiger partial charge on any atom is -0.462 e. The van der Waals surface area contributed by atoms with Gasteiger partial charge in [-0.2, -0.15) is 0 Å². The van der Waals surface area contributed by atoms with E-state index >= 15 is 0 Å². The first kappa shape index (κ1) is 59.3. The molecule has 0 spiro atoms. The van der Waals surface area contributed by atoms with E-state index in [0.717, 1.165) is 83.5 Å². The van der Waals surface area contributed by atoms with Crippen LogP contribution in [0, 0.1) is 0 Å². The van der Waals surface area contributed by atoms with Gasteiger partial charge in [-0.15, -0.1) is 0 Å². The molecule has 3 atom stereocenters. The Balaban J connectivity index is 4.67. The molecule has 0 aliphatic carbocycles. The summed E-state index contributed by atoms with van der Waals surface area (Å²) >= 11 is 0. The van der Waals surface area contributed by atoms with Crippen LogP contribution < -0.4 is 5.32 Å². The maximum Gasteiger partial charge on any atom is 0.306 e. The number of unbranched alkanes of at least 4 members (excludes halogenated alkanes) is 26. The van der Waals surface area contributed by atoms with Crippen molar-refractivity contribution < 1.29 is 24.5 Å². The number of rotatable bonds is 46. The number of nitrogens with one attached hydrogen (secondary N) is 1. The number of allylic oxidation sites excluding steroid dienone is 12. The number of hydrogen-bond acceptors (Lipinski definition) is 5. The second-order valence-corrected chi connectivity index (χ2v) is 17.7. The second-order valence-electron chi connectivity index (χ2n) is 17.7. The Morgan fingerprint density at radius 2 is 0.887 bits per heavy atom. The summed E-state index contributed by atoms with van der Waals surface area (Å²) in [4.78, 5) is 26.1. The second kappa shape index (κ2) is 49.3. The molecule has 0 fully saturated rings. The van der Waals surface area contributed by atoms with Crippen LogP contribution in [0.25, 0.3) is 0 Å². The zero-order valence-electron chi connectivity index (χ0n) is 40.7. The average Bonchev–Trinajstić information content (AvgIpc) is 3.26. The molecule has 0 aromatic heterocycles. The van der Waals surface area contributed by atoms with E-state index in [4.69, 9.17) is 4.74 Å². The molecule has 1 amide bonds. The van der Waals surface area contributed by atoms with E-state index in [9.17, 15) is 19.8 Å². The average molecular weight is 866 g/mol. The Hall–Kier alpha value is -2.70. The van der Waals surface area contributed by atoms with E-state index in [1.54, 1.807) is 0 Å². The summed E-state index contributed by atoms with van der Waals surface area (Å²) in [7, 11) is 0. The van der Waals surface area contributed by atoms with Crippen molar-refractivity contribution in [3.63, 3.8) is 0 Å². The van der Waals surface area contributed by atoms with E-state index in [1.807, 2.05) is 42.5 Å². The van der Waals surface area contributed by atoms with Gasteiger partial charge in [0, 0.05) is 6.42 Å². The van der Waals surface area contributed by atoms with Gasteiger partial charge in [-0.25, -0.2) is 0 Å². The fraction of sp³-hybridized carbons (Fsp3) is 0.750. The third-order valence-corrected chi connectivity index (χ3v) is 11.6. The SMILES string of the molecule is CC/C=C/C=C/C=C\C=C/C=C/CCCCCC(=O)OC(CCCCC/C=C/CCCCCCCCC)CC(=O)NC(CO)C(O)CCCCCCCCCCCCCCCC. The zero-order valence-corrected chi connectivity index (χ0v) is 40.7. The van der Waals surface area contributed by atoms with Crippen molar-refractivity contribution in [1.29, 1.82) is 0 Å². The number of ether oxygens (including phenoxy) is 1. The molecule has 0 aromatic carbocycles. The monoisotopic (exact) mass is 866 g/mol. The number of esters is 1. The lowest BCUT2D eigenvalue weighted by Crippen LogP contribution is -2.46. The molecule has 0 aliphatic heterocycles. The minimum atomic E-state index is -0.802. The third-order valence-electron chi connectivity index (χ3n) is 11.6. The van der Waals surface area contributed by atoms with Gasteiger partial charge in [-0.3, -0.25) is 9.59 Å². The summed E-state index contributed by atoms with van der Waals surface area (Å²) in [6.45, 7) is 6.33. The molecule has 0 aromatic rings. The van der Waals surface area contributed by atoms with Crippen LogP contribution in [-0.2, 0) is 14.3 Å². The third kappa shape index (κ3) is 43.9. The van der Waals surface area contributed by atoms with E-state index in [1.165, 1.54) is 116 Å².